The molecule has 42 heavy (non-hydrogen) atoms. The molecule has 2 atom stereocenters. The summed E-state index contributed by atoms with van der Waals surface area (Å²) in [7, 11) is 0. The van der Waals surface area contributed by atoms with Gasteiger partial charge in [-0.2, -0.15) is 19.8 Å². The highest BCUT2D eigenvalue weighted by molar-refractivity contribution is 6.92. The molecule has 0 saturated heterocycles. The van der Waals surface area contributed by atoms with Crippen LogP contribution in [0.4, 0.5) is 0 Å². The highest BCUT2D eigenvalue weighted by Crippen LogP contribution is 2.05. The van der Waals surface area contributed by atoms with Crippen molar-refractivity contribution in [1.82, 2.24) is 0 Å². The first-order valence-corrected chi connectivity index (χ1v) is 10.7. The molecule has 14 nitrogen and oxygen atoms in total. The van der Waals surface area contributed by atoms with Crippen molar-refractivity contribution in [2.45, 2.75) is 0 Å². The van der Waals surface area contributed by atoms with E-state index in [9.17, 15) is 28.8 Å². The first-order valence-electron chi connectivity index (χ1n) is 10.7. The van der Waals surface area contributed by atoms with Crippen molar-refractivity contribution in [3.8, 4) is 0 Å². The SMILES string of the molecule is O=C(O)c1ccc(C(=O)O)cc1.O=C(O)c1ccc(C(=O)O)cc1.O=C(O)c1ccc(C(=O)O)cc1.OCCO.P.P. The molecule has 0 fully saturated rings. The lowest BCUT2D eigenvalue weighted by Crippen LogP contribution is -1.99. The molecular weight excluding hydrogens is 598 g/mol. The van der Waals surface area contributed by atoms with Crippen LogP contribution in [-0.4, -0.2) is 89.9 Å². The minimum atomic E-state index is -1.06. The number of benzene rings is 3. The topological polar surface area (TPSA) is 264 Å². The summed E-state index contributed by atoms with van der Waals surface area (Å²) in [5.41, 5.74) is 0.500. The van der Waals surface area contributed by atoms with E-state index in [0.29, 0.717) is 0 Å². The Morgan fingerprint density at radius 1 is 0.333 bits per heavy atom. The molecule has 3 rings (SSSR count). The lowest BCUT2D eigenvalue weighted by Gasteiger charge is -1.94. The van der Waals surface area contributed by atoms with Gasteiger partial charge in [0.1, 0.15) is 0 Å². The Morgan fingerprint density at radius 3 is 0.476 bits per heavy atom. The van der Waals surface area contributed by atoms with Crippen LogP contribution in [0.15, 0.2) is 72.8 Å². The molecule has 0 spiro atoms. The normalized spacial score (nSPS) is 8.71. The summed E-state index contributed by atoms with van der Waals surface area (Å²) >= 11 is 0. The number of carbonyl (C=O) groups is 6. The van der Waals surface area contributed by atoms with Gasteiger partial charge in [0, 0.05) is 0 Å². The third-order valence-corrected chi connectivity index (χ3v) is 4.24. The molecule has 16 heteroatoms. The Morgan fingerprint density at radius 2 is 0.429 bits per heavy atom. The molecular formula is C26H30O14P2. The number of aliphatic hydroxyl groups excluding tert-OH is 2. The Kier molecular flexibility index (Phi) is 21.9. The van der Waals surface area contributed by atoms with E-state index in [1.165, 1.54) is 72.8 Å². The summed E-state index contributed by atoms with van der Waals surface area (Å²) in [6, 6.07) is 15.1. The molecule has 8 N–H and O–H groups in total. The first-order chi connectivity index (χ1) is 18.7. The molecule has 3 aromatic rings. The van der Waals surface area contributed by atoms with Gasteiger partial charge in [-0.1, -0.05) is 0 Å². The first kappa shape index (κ1) is 41.7. The van der Waals surface area contributed by atoms with Crippen LogP contribution < -0.4 is 0 Å². The number of aliphatic hydroxyl groups is 2. The van der Waals surface area contributed by atoms with Gasteiger partial charge >= 0.3 is 35.8 Å². The van der Waals surface area contributed by atoms with E-state index in [4.69, 9.17) is 40.9 Å². The standard InChI is InChI=1S/3C8H6O4.C2H6O2.2H3P/c3*9-7(10)5-1-2-6(4-3-5)8(11)12;3-1-2-4;;/h3*1-4H,(H,9,10)(H,11,12);3-4H,1-2H2;2*1H3. The van der Waals surface area contributed by atoms with Gasteiger partial charge in [-0.05, 0) is 72.8 Å². The van der Waals surface area contributed by atoms with Crippen molar-refractivity contribution >= 4 is 55.6 Å². The van der Waals surface area contributed by atoms with Crippen LogP contribution >= 0.6 is 19.8 Å². The van der Waals surface area contributed by atoms with Gasteiger partial charge in [-0.15, -0.1) is 0 Å². The van der Waals surface area contributed by atoms with Crippen molar-refractivity contribution in [2.24, 2.45) is 0 Å². The predicted molar refractivity (Wildman–Crippen MR) is 157 cm³/mol. The van der Waals surface area contributed by atoms with Gasteiger partial charge in [-0.25, -0.2) is 28.8 Å². The maximum absolute atomic E-state index is 10.3. The molecule has 0 bridgehead atoms. The Bertz CT molecular complexity index is 1040. The van der Waals surface area contributed by atoms with Crippen molar-refractivity contribution in [1.29, 1.82) is 0 Å². The minimum absolute atomic E-state index is 0. The fraction of sp³-hybridized carbons (Fsp3) is 0.0769. The molecule has 0 aliphatic rings. The molecule has 0 amide bonds. The van der Waals surface area contributed by atoms with E-state index in [2.05, 4.69) is 0 Å². The molecule has 2 unspecified atom stereocenters. The van der Waals surface area contributed by atoms with Crippen LogP contribution in [0.1, 0.15) is 62.1 Å². The Hall–Kier alpha value is -4.74. The van der Waals surface area contributed by atoms with Gasteiger partial charge in [0.05, 0.1) is 46.6 Å². The lowest BCUT2D eigenvalue weighted by atomic mass is 10.1. The van der Waals surface area contributed by atoms with Gasteiger partial charge in [-0.3, -0.25) is 0 Å². The summed E-state index contributed by atoms with van der Waals surface area (Å²) in [4.78, 5) is 62.0. The summed E-state index contributed by atoms with van der Waals surface area (Å²) < 4.78 is 0. The highest BCUT2D eigenvalue weighted by Gasteiger charge is 2.06. The summed E-state index contributed by atoms with van der Waals surface area (Å²) in [6.45, 7) is -0.250. The quantitative estimate of drug-likeness (QED) is 0.175. The average Bonchev–Trinajstić information content (AvgIpc) is 2.93. The maximum Gasteiger partial charge on any atom is 0.335 e. The average molecular weight is 628 g/mol. The minimum Gasteiger partial charge on any atom is -0.478 e. The van der Waals surface area contributed by atoms with Crippen LogP contribution in [0.3, 0.4) is 0 Å². The van der Waals surface area contributed by atoms with Crippen LogP contribution in [-0.2, 0) is 0 Å². The predicted octanol–water partition coefficient (Wildman–Crippen LogP) is 2.34. The number of hydrogen-bond acceptors (Lipinski definition) is 8. The van der Waals surface area contributed by atoms with Crippen LogP contribution in [0.2, 0.25) is 0 Å². The molecule has 0 aliphatic heterocycles. The molecule has 0 radical (unpaired) electrons. The summed E-state index contributed by atoms with van der Waals surface area (Å²) in [6.07, 6.45) is 0. The van der Waals surface area contributed by atoms with Crippen LogP contribution in [0.5, 0.6) is 0 Å². The zero-order valence-corrected chi connectivity index (χ0v) is 24.6. The van der Waals surface area contributed by atoms with E-state index in [1.807, 2.05) is 0 Å². The van der Waals surface area contributed by atoms with Gasteiger partial charge in [0.15, 0.2) is 0 Å². The van der Waals surface area contributed by atoms with E-state index < -0.39 is 35.8 Å². The van der Waals surface area contributed by atoms with Crippen molar-refractivity contribution < 1.29 is 69.6 Å². The zero-order chi connectivity index (χ0) is 30.8. The van der Waals surface area contributed by atoms with E-state index >= 15 is 0 Å². The number of carboxylic acid groups (broad SMARTS) is 6. The second kappa shape index (κ2) is 22.0. The van der Waals surface area contributed by atoms with E-state index in [-0.39, 0.29) is 66.4 Å². The molecule has 0 aliphatic carbocycles. The molecule has 0 aromatic heterocycles. The third kappa shape index (κ3) is 16.4. The highest BCUT2D eigenvalue weighted by atomic mass is 31.0. The molecule has 3 aromatic carbocycles. The number of hydrogen-bond donors (Lipinski definition) is 8. The Labute approximate surface area is 244 Å². The van der Waals surface area contributed by atoms with Crippen molar-refractivity contribution in [3.63, 3.8) is 0 Å². The Balaban J connectivity index is -0.000000499. The fourth-order valence-electron chi connectivity index (χ4n) is 2.27. The van der Waals surface area contributed by atoms with E-state index in [0.717, 1.165) is 0 Å². The second-order valence-corrected chi connectivity index (χ2v) is 7.01. The number of rotatable bonds is 7. The molecule has 0 saturated carbocycles. The maximum atomic E-state index is 10.3. The zero-order valence-electron chi connectivity index (χ0n) is 21.8. The van der Waals surface area contributed by atoms with Gasteiger partial charge in [0.2, 0.25) is 0 Å². The summed E-state index contributed by atoms with van der Waals surface area (Å²) in [5, 5.41) is 66.1. The van der Waals surface area contributed by atoms with Crippen molar-refractivity contribution in [3.05, 3.63) is 106 Å². The number of carboxylic acids is 6. The monoisotopic (exact) mass is 628 g/mol. The summed E-state index contributed by atoms with van der Waals surface area (Å²) in [5.74, 6) is -6.38. The fourth-order valence-corrected chi connectivity index (χ4v) is 2.27. The van der Waals surface area contributed by atoms with E-state index in [1.54, 1.807) is 0 Å². The molecule has 228 valence electrons. The molecule has 0 heterocycles. The largest absolute Gasteiger partial charge is 0.478 e. The smallest absolute Gasteiger partial charge is 0.335 e. The third-order valence-electron chi connectivity index (χ3n) is 4.24. The number of aromatic carboxylic acids is 6. The van der Waals surface area contributed by atoms with Crippen molar-refractivity contribution in [2.75, 3.05) is 13.2 Å². The second-order valence-electron chi connectivity index (χ2n) is 7.01. The van der Waals surface area contributed by atoms with Crippen LogP contribution in [0.25, 0.3) is 0 Å². The van der Waals surface area contributed by atoms with Gasteiger partial charge in [0.25, 0.3) is 0 Å². The lowest BCUT2D eigenvalue weighted by molar-refractivity contribution is 0.0681. The van der Waals surface area contributed by atoms with Gasteiger partial charge < -0.3 is 40.9 Å². The van der Waals surface area contributed by atoms with Crippen LogP contribution in [0, 0.1) is 0 Å².